The zero-order valence-corrected chi connectivity index (χ0v) is 18.9. The lowest BCUT2D eigenvalue weighted by Crippen LogP contribution is -2.49. The number of aromatic nitrogens is 1. The second-order valence-electron chi connectivity index (χ2n) is 8.55. The van der Waals surface area contributed by atoms with Gasteiger partial charge in [0.1, 0.15) is 5.82 Å². The standard InChI is InChI=1S/C26H25FN2O5/c1-17(18-3-5-19(6-4-18)20-7-12-23(30)28(2)16-20)29-14-13-26(15-24(31)32,34-25(29)33)21-8-10-22(27)11-9-21/h3-12,16-17H,13-15H2,1-2H3,(H,31,32). The molecule has 3 aromatic rings. The van der Waals surface area contributed by atoms with Crippen LogP contribution in [0.15, 0.2) is 71.7 Å². The largest absolute Gasteiger partial charge is 0.481 e. The summed E-state index contributed by atoms with van der Waals surface area (Å²) in [6.45, 7) is 2.16. The highest BCUT2D eigenvalue weighted by Crippen LogP contribution is 2.39. The van der Waals surface area contributed by atoms with Crippen LogP contribution in [0.2, 0.25) is 0 Å². The van der Waals surface area contributed by atoms with Gasteiger partial charge in [-0.3, -0.25) is 9.59 Å². The zero-order chi connectivity index (χ0) is 24.5. The summed E-state index contributed by atoms with van der Waals surface area (Å²) in [7, 11) is 1.70. The van der Waals surface area contributed by atoms with E-state index in [0.717, 1.165) is 16.7 Å². The van der Waals surface area contributed by atoms with Crippen LogP contribution in [0.3, 0.4) is 0 Å². The van der Waals surface area contributed by atoms with Crippen LogP contribution in [0.5, 0.6) is 0 Å². The van der Waals surface area contributed by atoms with Gasteiger partial charge in [0.25, 0.3) is 0 Å². The van der Waals surface area contributed by atoms with Crippen LogP contribution in [0.1, 0.15) is 36.9 Å². The van der Waals surface area contributed by atoms with Crippen LogP contribution in [0.4, 0.5) is 9.18 Å². The molecule has 2 aromatic carbocycles. The van der Waals surface area contributed by atoms with E-state index in [4.69, 9.17) is 4.74 Å². The van der Waals surface area contributed by atoms with Gasteiger partial charge in [-0.05, 0) is 47.4 Å². The lowest BCUT2D eigenvalue weighted by atomic mass is 9.85. The molecule has 0 saturated carbocycles. The molecule has 7 nitrogen and oxygen atoms in total. The fraction of sp³-hybridized carbons (Fsp3) is 0.269. The van der Waals surface area contributed by atoms with Crippen molar-refractivity contribution in [1.29, 1.82) is 0 Å². The van der Waals surface area contributed by atoms with E-state index in [-0.39, 0.29) is 24.6 Å². The van der Waals surface area contributed by atoms with Crippen molar-refractivity contribution < 1.29 is 23.8 Å². The predicted molar refractivity (Wildman–Crippen MR) is 124 cm³/mol. The SMILES string of the molecule is CC(c1ccc(-c2ccc(=O)n(C)c2)cc1)N1CCC(CC(=O)O)(c2ccc(F)cc2)OC1=O. The van der Waals surface area contributed by atoms with Crippen LogP contribution >= 0.6 is 0 Å². The molecule has 2 heterocycles. The van der Waals surface area contributed by atoms with Gasteiger partial charge in [-0.2, -0.15) is 0 Å². The Kier molecular flexibility index (Phi) is 6.24. The molecule has 1 amide bonds. The van der Waals surface area contributed by atoms with Gasteiger partial charge in [-0.1, -0.05) is 36.4 Å². The van der Waals surface area contributed by atoms with Crippen molar-refractivity contribution in [1.82, 2.24) is 9.47 Å². The third-order valence-electron chi connectivity index (χ3n) is 6.36. The summed E-state index contributed by atoms with van der Waals surface area (Å²) in [6.07, 6.45) is 1.00. The number of cyclic esters (lactones) is 1. The first-order valence-electron chi connectivity index (χ1n) is 10.9. The van der Waals surface area contributed by atoms with Crippen LogP contribution in [-0.2, 0) is 22.2 Å². The van der Waals surface area contributed by atoms with E-state index in [1.54, 1.807) is 24.2 Å². The highest BCUT2D eigenvalue weighted by Gasteiger charge is 2.45. The summed E-state index contributed by atoms with van der Waals surface area (Å²) >= 11 is 0. The van der Waals surface area contributed by atoms with Crippen molar-refractivity contribution in [3.63, 3.8) is 0 Å². The van der Waals surface area contributed by atoms with Gasteiger partial charge in [0.15, 0.2) is 5.60 Å². The van der Waals surface area contributed by atoms with E-state index >= 15 is 0 Å². The molecular weight excluding hydrogens is 439 g/mol. The molecule has 0 aliphatic carbocycles. The Labute approximate surface area is 196 Å². The summed E-state index contributed by atoms with van der Waals surface area (Å²) in [4.78, 5) is 37.7. The lowest BCUT2D eigenvalue weighted by molar-refractivity contribution is -0.146. The van der Waals surface area contributed by atoms with Crippen molar-refractivity contribution in [3.8, 4) is 11.1 Å². The predicted octanol–water partition coefficient (Wildman–Crippen LogP) is 4.46. The van der Waals surface area contributed by atoms with E-state index in [0.29, 0.717) is 5.56 Å². The van der Waals surface area contributed by atoms with Gasteiger partial charge in [0, 0.05) is 32.3 Å². The number of amides is 1. The fourth-order valence-corrected chi connectivity index (χ4v) is 4.35. The number of hydrogen-bond acceptors (Lipinski definition) is 4. The zero-order valence-electron chi connectivity index (χ0n) is 18.9. The minimum absolute atomic E-state index is 0.0859. The number of pyridine rings is 1. The average molecular weight is 464 g/mol. The molecular formula is C26H25FN2O5. The van der Waals surface area contributed by atoms with E-state index in [9.17, 15) is 23.9 Å². The quantitative estimate of drug-likeness (QED) is 0.582. The summed E-state index contributed by atoms with van der Waals surface area (Å²) in [5, 5.41) is 9.44. The van der Waals surface area contributed by atoms with E-state index in [1.807, 2.05) is 31.2 Å². The monoisotopic (exact) mass is 464 g/mol. The smallest absolute Gasteiger partial charge is 0.411 e. The van der Waals surface area contributed by atoms with E-state index in [2.05, 4.69) is 0 Å². The number of carbonyl (C=O) groups excluding carboxylic acids is 1. The van der Waals surface area contributed by atoms with Crippen molar-refractivity contribution in [2.45, 2.75) is 31.4 Å². The van der Waals surface area contributed by atoms with Gasteiger partial charge in [0.2, 0.25) is 5.56 Å². The number of ether oxygens (including phenoxy) is 1. The minimum Gasteiger partial charge on any atom is -0.481 e. The molecule has 34 heavy (non-hydrogen) atoms. The van der Waals surface area contributed by atoms with Crippen molar-refractivity contribution in [2.75, 3.05) is 6.54 Å². The van der Waals surface area contributed by atoms with Crippen LogP contribution in [0.25, 0.3) is 11.1 Å². The molecule has 1 saturated heterocycles. The molecule has 2 atom stereocenters. The van der Waals surface area contributed by atoms with Gasteiger partial charge in [-0.15, -0.1) is 0 Å². The number of carbonyl (C=O) groups is 2. The van der Waals surface area contributed by atoms with E-state index < -0.39 is 29.9 Å². The Hall–Kier alpha value is -3.94. The third kappa shape index (κ3) is 4.57. The summed E-state index contributed by atoms with van der Waals surface area (Å²) in [5.74, 6) is -1.56. The summed E-state index contributed by atoms with van der Waals surface area (Å²) < 4.78 is 20.6. The Morgan fingerprint density at radius 2 is 1.71 bits per heavy atom. The molecule has 1 aliphatic rings. The molecule has 1 N–H and O–H groups in total. The molecule has 4 rings (SSSR count). The number of hydrogen-bond donors (Lipinski definition) is 1. The van der Waals surface area contributed by atoms with Crippen molar-refractivity contribution >= 4 is 12.1 Å². The topological polar surface area (TPSA) is 88.8 Å². The number of benzene rings is 2. The maximum atomic E-state index is 13.4. The molecule has 1 aromatic heterocycles. The molecule has 0 spiro atoms. The first kappa shape index (κ1) is 23.2. The maximum absolute atomic E-state index is 13.4. The fourth-order valence-electron chi connectivity index (χ4n) is 4.35. The molecule has 0 bridgehead atoms. The van der Waals surface area contributed by atoms with Crippen molar-refractivity contribution in [3.05, 3.63) is 94.2 Å². The van der Waals surface area contributed by atoms with Crippen LogP contribution in [0, 0.1) is 5.82 Å². The number of halogens is 1. The normalized spacial score (nSPS) is 18.9. The van der Waals surface area contributed by atoms with Crippen LogP contribution < -0.4 is 5.56 Å². The number of aliphatic carboxylic acids is 1. The van der Waals surface area contributed by atoms with E-state index in [1.165, 1.54) is 34.9 Å². The summed E-state index contributed by atoms with van der Waals surface area (Å²) in [5.41, 5.74) is 1.75. The molecule has 176 valence electrons. The first-order valence-corrected chi connectivity index (χ1v) is 10.9. The molecule has 8 heteroatoms. The minimum atomic E-state index is -1.35. The molecule has 0 radical (unpaired) electrons. The first-order chi connectivity index (χ1) is 16.2. The summed E-state index contributed by atoms with van der Waals surface area (Å²) in [6, 6.07) is 16.0. The van der Waals surface area contributed by atoms with Crippen LogP contribution in [-0.4, -0.2) is 33.2 Å². The Balaban J connectivity index is 1.53. The third-order valence-corrected chi connectivity index (χ3v) is 6.36. The van der Waals surface area contributed by atoms with Gasteiger partial charge in [-0.25, -0.2) is 9.18 Å². The number of carboxylic acid groups (broad SMARTS) is 1. The molecule has 1 fully saturated rings. The second-order valence-corrected chi connectivity index (χ2v) is 8.55. The average Bonchev–Trinajstić information content (AvgIpc) is 2.80. The number of carboxylic acids is 1. The highest BCUT2D eigenvalue weighted by atomic mass is 19.1. The second kappa shape index (κ2) is 9.13. The Morgan fingerprint density at radius 1 is 1.06 bits per heavy atom. The maximum Gasteiger partial charge on any atom is 0.411 e. The lowest BCUT2D eigenvalue weighted by Gasteiger charge is -2.42. The van der Waals surface area contributed by atoms with Gasteiger partial charge < -0.3 is 19.3 Å². The number of rotatable bonds is 6. The molecule has 1 aliphatic heterocycles. The van der Waals surface area contributed by atoms with Gasteiger partial charge in [0.05, 0.1) is 12.5 Å². The highest BCUT2D eigenvalue weighted by molar-refractivity contribution is 5.73. The molecule has 2 unspecified atom stereocenters. The number of aryl methyl sites for hydroxylation is 1. The van der Waals surface area contributed by atoms with Gasteiger partial charge >= 0.3 is 12.1 Å². The Morgan fingerprint density at radius 3 is 2.29 bits per heavy atom. The van der Waals surface area contributed by atoms with Crippen molar-refractivity contribution in [2.24, 2.45) is 7.05 Å². The Bertz CT molecular complexity index is 1270. The number of nitrogens with zero attached hydrogens (tertiary/aromatic N) is 2.